The fraction of sp³-hybridized carbons (Fsp3) is 0.282. The van der Waals surface area contributed by atoms with Crippen molar-refractivity contribution in [3.8, 4) is 5.75 Å². The van der Waals surface area contributed by atoms with Gasteiger partial charge in [0.05, 0.1) is 17.1 Å². The van der Waals surface area contributed by atoms with Gasteiger partial charge in [0, 0.05) is 61.1 Å². The van der Waals surface area contributed by atoms with Gasteiger partial charge in [-0.2, -0.15) is 13.2 Å². The number of nitrogens with zero attached hydrogens (tertiary/aromatic N) is 4. The molecule has 1 fully saturated rings. The molecule has 0 radical (unpaired) electrons. The first kappa shape index (κ1) is 39.5. The van der Waals surface area contributed by atoms with Gasteiger partial charge in [0.2, 0.25) is 5.91 Å². The molecule has 10 nitrogen and oxygen atoms in total. The number of amides is 2. The summed E-state index contributed by atoms with van der Waals surface area (Å²) < 4.78 is 77.8. The first-order valence-electron chi connectivity index (χ1n) is 17.5. The summed E-state index contributed by atoms with van der Waals surface area (Å²) in [6, 6.07) is 22.8. The van der Waals surface area contributed by atoms with Gasteiger partial charge in [0.25, 0.3) is 5.91 Å². The van der Waals surface area contributed by atoms with E-state index in [4.69, 9.17) is 4.74 Å². The topological polar surface area (TPSA) is 117 Å². The molecular formula is C39H38F4N6O4S2. The van der Waals surface area contributed by atoms with Crippen LogP contribution in [0.15, 0.2) is 112 Å². The highest BCUT2D eigenvalue weighted by molar-refractivity contribution is 7.99. The van der Waals surface area contributed by atoms with E-state index in [9.17, 15) is 27.0 Å². The molecule has 3 aromatic carbocycles. The Labute approximate surface area is 322 Å². The molecule has 6 rings (SSSR count). The van der Waals surface area contributed by atoms with Crippen LogP contribution in [-0.2, 0) is 22.0 Å². The van der Waals surface area contributed by atoms with Crippen molar-refractivity contribution < 1.29 is 36.1 Å². The van der Waals surface area contributed by atoms with E-state index in [1.165, 1.54) is 30.0 Å². The first-order chi connectivity index (χ1) is 26.5. The van der Waals surface area contributed by atoms with Crippen molar-refractivity contribution >= 4 is 51.6 Å². The Morgan fingerprint density at radius 1 is 0.945 bits per heavy atom. The summed E-state index contributed by atoms with van der Waals surface area (Å²) in [5.74, 6) is 0.489. The predicted octanol–water partition coefficient (Wildman–Crippen LogP) is 6.95. The number of nitrogens with one attached hydrogen (secondary N) is 2. The van der Waals surface area contributed by atoms with Crippen LogP contribution in [0.3, 0.4) is 0 Å². The highest BCUT2D eigenvalue weighted by Gasteiger charge is 2.35. The normalized spacial score (nSPS) is 16.5. The van der Waals surface area contributed by atoms with Crippen molar-refractivity contribution in [2.45, 2.75) is 35.5 Å². The van der Waals surface area contributed by atoms with Crippen LogP contribution < -0.4 is 19.7 Å². The van der Waals surface area contributed by atoms with Crippen LogP contribution in [0.1, 0.15) is 35.0 Å². The second-order valence-corrected chi connectivity index (χ2v) is 14.9. The molecule has 16 heteroatoms. The zero-order valence-corrected chi connectivity index (χ0v) is 31.4. The summed E-state index contributed by atoms with van der Waals surface area (Å²) >= 11 is 1.50. The zero-order valence-electron chi connectivity index (χ0n) is 29.7. The molecule has 4 aromatic rings. The van der Waals surface area contributed by atoms with Crippen LogP contribution >= 0.6 is 11.8 Å². The number of hydrogen-bond donors (Lipinski definition) is 2. The number of thioether (sulfide) groups is 1. The highest BCUT2D eigenvalue weighted by Crippen LogP contribution is 2.36. The van der Waals surface area contributed by atoms with E-state index in [0.29, 0.717) is 66.8 Å². The van der Waals surface area contributed by atoms with Gasteiger partial charge in [-0.25, -0.2) is 8.60 Å². The minimum Gasteiger partial charge on any atom is -0.494 e. The van der Waals surface area contributed by atoms with E-state index >= 15 is 4.39 Å². The SMILES string of the molecule is CCOc1cccc(C2=CC=C(C(=O)N3CCN(c4ccc(C(=O)NS(=O)c5ccc(NCCSc6ccccc6)c(C(F)(F)F)c5)nn4)CC3)CC2F)c1. The van der Waals surface area contributed by atoms with Gasteiger partial charge in [-0.3, -0.25) is 14.3 Å². The Kier molecular flexibility index (Phi) is 12.9. The van der Waals surface area contributed by atoms with Crippen LogP contribution in [0, 0.1) is 0 Å². The van der Waals surface area contributed by atoms with Crippen molar-refractivity contribution in [2.75, 3.05) is 55.3 Å². The van der Waals surface area contributed by atoms with Crippen LogP contribution in [0.25, 0.3) is 5.57 Å². The first-order valence-corrected chi connectivity index (χ1v) is 19.7. The molecule has 2 atom stereocenters. The maximum atomic E-state index is 15.3. The molecule has 1 aliphatic heterocycles. The average molecular weight is 795 g/mol. The Morgan fingerprint density at radius 2 is 1.73 bits per heavy atom. The number of piperazine rings is 1. The minimum absolute atomic E-state index is 0.0373. The lowest BCUT2D eigenvalue weighted by atomic mass is 9.91. The maximum absolute atomic E-state index is 15.3. The Morgan fingerprint density at radius 3 is 2.42 bits per heavy atom. The van der Waals surface area contributed by atoms with Gasteiger partial charge in [0.15, 0.2) is 22.5 Å². The predicted molar refractivity (Wildman–Crippen MR) is 205 cm³/mol. The van der Waals surface area contributed by atoms with Gasteiger partial charge in [-0.05, 0) is 72.7 Å². The summed E-state index contributed by atoms with van der Waals surface area (Å²) in [6.07, 6.45) is -2.79. The van der Waals surface area contributed by atoms with E-state index in [1.807, 2.05) is 54.3 Å². The standard InChI is InChI=1S/C39H38F4N6O4S2/c1-2-53-28-8-6-7-26(23-28)31-13-11-27(24-33(31)40)38(51)49-20-18-48(19-21-49)36-16-15-35(45-46-36)37(50)47-55(52)30-12-14-34(32(25-30)39(41,42)43)44-17-22-54-29-9-4-3-5-10-29/h3-16,23,25,33,44H,2,17-22,24H2,1H3,(H,47,50). The van der Waals surface area contributed by atoms with Crippen LogP contribution in [0.2, 0.25) is 0 Å². The average Bonchev–Trinajstić information content (AvgIpc) is 3.19. The summed E-state index contributed by atoms with van der Waals surface area (Å²) in [5, 5.41) is 10.9. The number of carbonyl (C=O) groups excluding carboxylic acids is 2. The van der Waals surface area contributed by atoms with Crippen molar-refractivity contribution in [1.29, 1.82) is 0 Å². The molecule has 0 saturated carbocycles. The summed E-state index contributed by atoms with van der Waals surface area (Å²) in [5.41, 5.74) is 0.233. The number of benzene rings is 3. The molecule has 55 heavy (non-hydrogen) atoms. The van der Waals surface area contributed by atoms with Gasteiger partial charge in [-0.1, -0.05) is 42.5 Å². The minimum atomic E-state index is -4.73. The van der Waals surface area contributed by atoms with Crippen molar-refractivity contribution in [2.24, 2.45) is 0 Å². The number of anilines is 2. The van der Waals surface area contributed by atoms with Crippen LogP contribution in [0.5, 0.6) is 5.75 Å². The molecule has 0 bridgehead atoms. The summed E-state index contributed by atoms with van der Waals surface area (Å²) in [4.78, 5) is 30.4. The van der Waals surface area contributed by atoms with Gasteiger partial charge >= 0.3 is 6.18 Å². The molecule has 1 aliphatic carbocycles. The maximum Gasteiger partial charge on any atom is 0.418 e. The fourth-order valence-corrected chi connectivity index (χ4v) is 7.68. The Bertz CT molecular complexity index is 2070. The lowest BCUT2D eigenvalue weighted by Gasteiger charge is -2.36. The Balaban J connectivity index is 1.00. The number of hydrogen-bond acceptors (Lipinski definition) is 9. The molecule has 1 aromatic heterocycles. The van der Waals surface area contributed by atoms with E-state index < -0.39 is 34.8 Å². The van der Waals surface area contributed by atoms with Crippen LogP contribution in [-0.4, -0.2) is 82.4 Å². The number of carbonyl (C=O) groups is 2. The van der Waals surface area contributed by atoms with Crippen molar-refractivity contribution in [3.63, 3.8) is 0 Å². The molecule has 2 unspecified atom stereocenters. The number of aromatic nitrogens is 2. The van der Waals surface area contributed by atoms with Crippen molar-refractivity contribution in [3.05, 3.63) is 119 Å². The third-order valence-electron chi connectivity index (χ3n) is 8.85. The number of alkyl halides is 4. The fourth-order valence-electron chi connectivity index (χ4n) is 6.08. The second-order valence-electron chi connectivity index (χ2n) is 12.5. The lowest BCUT2D eigenvalue weighted by Crippen LogP contribution is -2.49. The molecule has 2 heterocycles. The van der Waals surface area contributed by atoms with E-state index in [1.54, 1.807) is 35.3 Å². The third kappa shape index (κ3) is 10.1. The molecule has 288 valence electrons. The number of allylic oxidation sites excluding steroid dienone is 3. The zero-order chi connectivity index (χ0) is 39.0. The number of rotatable bonds is 13. The Hall–Kier alpha value is -5.22. The summed E-state index contributed by atoms with van der Waals surface area (Å²) in [6.45, 7) is 4.15. The highest BCUT2D eigenvalue weighted by atomic mass is 32.2. The molecule has 1 saturated heterocycles. The third-order valence-corrected chi connectivity index (χ3v) is 10.9. The number of ether oxygens (including phenoxy) is 1. The number of halogens is 4. The molecule has 2 N–H and O–H groups in total. The molecule has 0 spiro atoms. The molecule has 2 amide bonds. The molecule has 2 aliphatic rings. The van der Waals surface area contributed by atoms with Crippen molar-refractivity contribution in [1.82, 2.24) is 19.8 Å². The van der Waals surface area contributed by atoms with Crippen LogP contribution in [0.4, 0.5) is 29.1 Å². The lowest BCUT2D eigenvalue weighted by molar-refractivity contribution is -0.137. The van der Waals surface area contributed by atoms with E-state index in [2.05, 4.69) is 20.2 Å². The van der Waals surface area contributed by atoms with Gasteiger partial charge < -0.3 is 19.9 Å². The van der Waals surface area contributed by atoms with Gasteiger partial charge in [0.1, 0.15) is 11.9 Å². The van der Waals surface area contributed by atoms with Gasteiger partial charge in [-0.15, -0.1) is 22.0 Å². The molecular weight excluding hydrogens is 757 g/mol. The van der Waals surface area contributed by atoms with E-state index in [0.717, 1.165) is 11.0 Å². The monoisotopic (exact) mass is 794 g/mol. The summed E-state index contributed by atoms with van der Waals surface area (Å²) in [7, 11) is -2.32. The largest absolute Gasteiger partial charge is 0.494 e. The van der Waals surface area contributed by atoms with E-state index in [-0.39, 0.29) is 35.1 Å². The quantitative estimate of drug-likeness (QED) is 0.0843. The second kappa shape index (κ2) is 17.9. The smallest absolute Gasteiger partial charge is 0.418 e.